The predicted molar refractivity (Wildman–Crippen MR) is 110 cm³/mol. The Morgan fingerprint density at radius 1 is 1.15 bits per heavy atom. The first-order valence-electron chi connectivity index (χ1n) is 7.79. The first-order valence-corrected chi connectivity index (χ1v) is 9.36. The molecule has 4 nitrogen and oxygen atoms in total. The first-order chi connectivity index (χ1) is 12.5. The van der Waals surface area contributed by atoms with Gasteiger partial charge in [-0.2, -0.15) is 0 Å². The number of carbonyl (C=O) groups is 1. The van der Waals surface area contributed by atoms with Crippen molar-refractivity contribution in [3.05, 3.63) is 69.2 Å². The van der Waals surface area contributed by atoms with Crippen molar-refractivity contribution < 1.29 is 4.79 Å². The largest absolute Gasteiger partial charge is 0.350 e. The van der Waals surface area contributed by atoms with Crippen LogP contribution in [0.2, 0.25) is 10.0 Å². The maximum atomic E-state index is 12.3. The van der Waals surface area contributed by atoms with Crippen LogP contribution in [-0.2, 0) is 11.8 Å². The lowest BCUT2D eigenvalue weighted by Crippen LogP contribution is -2.19. The van der Waals surface area contributed by atoms with Gasteiger partial charge in [0.05, 0.1) is 10.6 Å². The normalized spacial score (nSPS) is 17.4. The lowest BCUT2D eigenvalue weighted by molar-refractivity contribution is -0.115. The summed E-state index contributed by atoms with van der Waals surface area (Å²) in [5.74, 6) is -0.171. The van der Waals surface area contributed by atoms with E-state index in [9.17, 15) is 4.79 Å². The zero-order chi connectivity index (χ0) is 18.3. The molecule has 1 aliphatic rings. The van der Waals surface area contributed by atoms with Gasteiger partial charge in [-0.05, 0) is 42.1 Å². The van der Waals surface area contributed by atoms with Crippen LogP contribution in [0.1, 0.15) is 5.56 Å². The fraction of sp³-hybridized carbons (Fsp3) is 0.0526. The van der Waals surface area contributed by atoms with Gasteiger partial charge in [-0.25, -0.2) is 4.99 Å². The average molecular weight is 402 g/mol. The number of halogens is 2. The second-order valence-electron chi connectivity index (χ2n) is 5.82. The molecular weight excluding hydrogens is 389 g/mol. The van der Waals surface area contributed by atoms with Crippen LogP contribution in [0, 0.1) is 0 Å². The summed E-state index contributed by atoms with van der Waals surface area (Å²) in [4.78, 5) is 17.3. The topological polar surface area (TPSA) is 46.4 Å². The van der Waals surface area contributed by atoms with Crippen molar-refractivity contribution in [3.63, 3.8) is 0 Å². The summed E-state index contributed by atoms with van der Waals surface area (Å²) in [6, 6.07) is 13.1. The monoisotopic (exact) mass is 401 g/mol. The molecule has 0 spiro atoms. The molecule has 7 heteroatoms. The molecule has 2 aromatic carbocycles. The van der Waals surface area contributed by atoms with Crippen LogP contribution in [-0.4, -0.2) is 15.6 Å². The minimum atomic E-state index is -0.171. The summed E-state index contributed by atoms with van der Waals surface area (Å²) in [5, 5.41) is 5.37. The van der Waals surface area contributed by atoms with Crippen LogP contribution in [0.5, 0.6) is 0 Å². The summed E-state index contributed by atoms with van der Waals surface area (Å²) in [5.41, 5.74) is 2.70. The molecule has 1 amide bonds. The predicted octanol–water partition coefficient (Wildman–Crippen LogP) is 5.38. The molecule has 1 fully saturated rings. The summed E-state index contributed by atoms with van der Waals surface area (Å²) in [6.07, 6.45) is 3.90. The Balaban J connectivity index is 1.67. The molecule has 1 N–H and O–H groups in total. The molecule has 3 aromatic rings. The fourth-order valence-electron chi connectivity index (χ4n) is 2.83. The molecule has 0 unspecified atom stereocenters. The van der Waals surface area contributed by atoms with Gasteiger partial charge < -0.3 is 9.88 Å². The molecule has 130 valence electrons. The number of nitrogens with one attached hydrogen (secondary N) is 1. The third-order valence-electron chi connectivity index (χ3n) is 3.94. The summed E-state index contributed by atoms with van der Waals surface area (Å²) >= 11 is 13.3. The van der Waals surface area contributed by atoms with E-state index >= 15 is 0 Å². The number of rotatable bonds is 2. The Bertz CT molecular complexity index is 1080. The number of aromatic nitrogens is 1. The third kappa shape index (κ3) is 3.38. The molecule has 0 saturated carbocycles. The van der Waals surface area contributed by atoms with Crippen LogP contribution in [0.25, 0.3) is 17.0 Å². The molecule has 4 rings (SSSR count). The van der Waals surface area contributed by atoms with Crippen molar-refractivity contribution >= 4 is 68.7 Å². The van der Waals surface area contributed by atoms with E-state index in [1.807, 2.05) is 42.1 Å². The van der Waals surface area contributed by atoms with Crippen molar-refractivity contribution in [2.45, 2.75) is 0 Å². The average Bonchev–Trinajstić information content (AvgIpc) is 3.08. The highest BCUT2D eigenvalue weighted by molar-refractivity contribution is 8.18. The van der Waals surface area contributed by atoms with E-state index in [-0.39, 0.29) is 5.91 Å². The molecule has 26 heavy (non-hydrogen) atoms. The van der Waals surface area contributed by atoms with Crippen molar-refractivity contribution in [2.24, 2.45) is 12.0 Å². The molecule has 0 bridgehead atoms. The highest BCUT2D eigenvalue weighted by Gasteiger charge is 2.24. The molecule has 0 aliphatic carbocycles. The maximum Gasteiger partial charge on any atom is 0.264 e. The maximum absolute atomic E-state index is 12.3. The molecule has 1 aromatic heterocycles. The highest BCUT2D eigenvalue weighted by Crippen LogP contribution is 2.32. The minimum Gasteiger partial charge on any atom is -0.350 e. The number of amides is 1. The molecule has 2 heterocycles. The number of amidine groups is 1. The number of aliphatic imine (C=N–C) groups is 1. The Labute approximate surface area is 164 Å². The van der Waals surface area contributed by atoms with Crippen LogP contribution in [0.4, 0.5) is 5.69 Å². The van der Waals surface area contributed by atoms with Crippen LogP contribution >= 0.6 is 35.0 Å². The van der Waals surface area contributed by atoms with Gasteiger partial charge in [-0.15, -0.1) is 0 Å². The number of hydrogen-bond donors (Lipinski definition) is 1. The van der Waals surface area contributed by atoms with E-state index in [0.717, 1.165) is 16.5 Å². The van der Waals surface area contributed by atoms with E-state index < -0.39 is 0 Å². The zero-order valence-electron chi connectivity index (χ0n) is 13.7. The number of fused-ring (bicyclic) bond motifs is 1. The Hall–Kier alpha value is -2.21. The van der Waals surface area contributed by atoms with Gasteiger partial charge in [0.1, 0.15) is 0 Å². The quantitative estimate of drug-likeness (QED) is 0.586. The summed E-state index contributed by atoms with van der Waals surface area (Å²) < 4.78 is 2.04. The molecule has 1 aliphatic heterocycles. The second-order valence-corrected chi connectivity index (χ2v) is 7.73. The summed E-state index contributed by atoms with van der Waals surface area (Å²) in [6.45, 7) is 0. The number of nitrogens with zero attached hydrogens (tertiary/aromatic N) is 2. The van der Waals surface area contributed by atoms with Gasteiger partial charge in [0.15, 0.2) is 5.17 Å². The lowest BCUT2D eigenvalue weighted by atomic mass is 10.1. The molecule has 1 saturated heterocycles. The van der Waals surface area contributed by atoms with E-state index in [1.165, 1.54) is 11.8 Å². The number of carbonyl (C=O) groups excluding carboxylic acids is 1. The van der Waals surface area contributed by atoms with Gasteiger partial charge in [-0.1, -0.05) is 41.4 Å². The SMILES string of the molecule is Cn1cc(/C=C2/SC(=Nc3cc(Cl)cc(Cl)c3)NC2=O)c2ccccc21. The van der Waals surface area contributed by atoms with E-state index in [4.69, 9.17) is 23.2 Å². The Morgan fingerprint density at radius 3 is 2.65 bits per heavy atom. The van der Waals surface area contributed by atoms with Crippen LogP contribution < -0.4 is 5.32 Å². The lowest BCUT2D eigenvalue weighted by Gasteiger charge is -1.98. The Morgan fingerprint density at radius 2 is 1.88 bits per heavy atom. The van der Waals surface area contributed by atoms with Gasteiger partial charge in [0.2, 0.25) is 0 Å². The van der Waals surface area contributed by atoms with Crippen LogP contribution in [0.15, 0.2) is 58.6 Å². The molecule has 0 radical (unpaired) electrons. The van der Waals surface area contributed by atoms with Gasteiger partial charge >= 0.3 is 0 Å². The van der Waals surface area contributed by atoms with E-state index in [2.05, 4.69) is 16.4 Å². The molecule has 0 atom stereocenters. The number of aryl methyl sites for hydroxylation is 1. The van der Waals surface area contributed by atoms with Crippen molar-refractivity contribution in [3.8, 4) is 0 Å². The smallest absolute Gasteiger partial charge is 0.264 e. The first kappa shape index (κ1) is 17.2. The zero-order valence-corrected chi connectivity index (χ0v) is 16.0. The number of para-hydroxylation sites is 1. The van der Waals surface area contributed by atoms with E-state index in [0.29, 0.717) is 25.8 Å². The number of hydrogen-bond acceptors (Lipinski definition) is 3. The standard InChI is InChI=1S/C19H13Cl2N3OS/c1-24-10-11(15-4-2-3-5-16(15)24)6-17-18(25)23-19(26-17)22-14-8-12(20)7-13(21)9-14/h2-10H,1H3,(H,22,23,25)/b17-6+. The minimum absolute atomic E-state index is 0.171. The third-order valence-corrected chi connectivity index (χ3v) is 5.29. The summed E-state index contributed by atoms with van der Waals surface area (Å²) in [7, 11) is 1.99. The van der Waals surface area contributed by atoms with Crippen LogP contribution in [0.3, 0.4) is 0 Å². The van der Waals surface area contributed by atoms with Gasteiger partial charge in [0, 0.05) is 39.8 Å². The van der Waals surface area contributed by atoms with Gasteiger partial charge in [0.25, 0.3) is 5.91 Å². The van der Waals surface area contributed by atoms with E-state index in [1.54, 1.807) is 18.2 Å². The van der Waals surface area contributed by atoms with Crippen molar-refractivity contribution in [1.29, 1.82) is 0 Å². The number of benzene rings is 2. The fourth-order valence-corrected chi connectivity index (χ4v) is 4.18. The second kappa shape index (κ2) is 6.83. The van der Waals surface area contributed by atoms with Crippen molar-refractivity contribution in [1.82, 2.24) is 9.88 Å². The molecular formula is C19H13Cl2N3OS. The van der Waals surface area contributed by atoms with Gasteiger partial charge in [-0.3, -0.25) is 4.79 Å². The Kier molecular flexibility index (Phi) is 4.53. The number of thioether (sulfide) groups is 1. The van der Waals surface area contributed by atoms with Crippen molar-refractivity contribution in [2.75, 3.05) is 0 Å². The highest BCUT2D eigenvalue weighted by atomic mass is 35.5.